The number of aryl methyl sites for hydroxylation is 1. The second kappa shape index (κ2) is 7.29. The summed E-state index contributed by atoms with van der Waals surface area (Å²) in [6, 6.07) is 10.7. The summed E-state index contributed by atoms with van der Waals surface area (Å²) in [6.07, 6.45) is -1.08. The molecule has 0 unspecified atom stereocenters. The number of alkyl halides is 3. The molecule has 0 fully saturated rings. The lowest BCUT2D eigenvalue weighted by Gasteiger charge is -2.20. The fourth-order valence-electron chi connectivity index (χ4n) is 2.78. The van der Waals surface area contributed by atoms with E-state index >= 15 is 0 Å². The first-order valence-electron chi connectivity index (χ1n) is 7.97. The van der Waals surface area contributed by atoms with E-state index in [1.165, 1.54) is 12.1 Å². The Bertz CT molecular complexity index is 886. The minimum atomic E-state index is -4.40. The summed E-state index contributed by atoms with van der Waals surface area (Å²) in [6.45, 7) is 0.135. The van der Waals surface area contributed by atoms with Crippen LogP contribution in [-0.2, 0) is 19.8 Å². The van der Waals surface area contributed by atoms with Gasteiger partial charge in [-0.2, -0.15) is 13.2 Å². The average molecular weight is 363 g/mol. The van der Waals surface area contributed by atoms with Gasteiger partial charge in [-0.05, 0) is 17.7 Å². The van der Waals surface area contributed by atoms with Gasteiger partial charge in [0.25, 0.3) is 0 Å². The molecule has 1 aromatic heterocycles. The van der Waals surface area contributed by atoms with Crippen LogP contribution in [-0.4, -0.2) is 9.55 Å². The maximum absolute atomic E-state index is 14.3. The second-order valence-electron chi connectivity index (χ2n) is 5.93. The Morgan fingerprint density at radius 2 is 1.88 bits per heavy atom. The summed E-state index contributed by atoms with van der Waals surface area (Å²) in [4.78, 5) is 4.26. The highest BCUT2D eigenvalue weighted by Crippen LogP contribution is 2.30. The van der Waals surface area contributed by atoms with E-state index in [-0.39, 0.29) is 6.54 Å². The normalized spacial score (nSPS) is 13.0. The zero-order valence-electron chi connectivity index (χ0n) is 14.0. The van der Waals surface area contributed by atoms with Crippen LogP contribution in [0.4, 0.5) is 17.6 Å². The molecule has 1 N–H and O–H groups in total. The molecule has 136 valence electrons. The molecule has 3 aromatic rings. The molecule has 0 radical (unpaired) electrons. The summed E-state index contributed by atoms with van der Waals surface area (Å²) in [5.74, 6) is 0.166. The number of rotatable bonds is 5. The SMILES string of the molecule is Cn1ccnc1[C@@H](NCc1cccc(C(F)(F)F)c1)c1ccccc1F. The van der Waals surface area contributed by atoms with E-state index in [0.29, 0.717) is 17.0 Å². The van der Waals surface area contributed by atoms with Crippen molar-refractivity contribution in [1.82, 2.24) is 14.9 Å². The van der Waals surface area contributed by atoms with Crippen LogP contribution >= 0.6 is 0 Å². The second-order valence-corrected chi connectivity index (χ2v) is 5.93. The van der Waals surface area contributed by atoms with Crippen LogP contribution in [0.3, 0.4) is 0 Å². The van der Waals surface area contributed by atoms with Crippen LogP contribution < -0.4 is 5.32 Å². The van der Waals surface area contributed by atoms with Crippen LogP contribution in [0.25, 0.3) is 0 Å². The Hall–Kier alpha value is -2.67. The third kappa shape index (κ3) is 3.94. The number of nitrogens with zero attached hydrogens (tertiary/aromatic N) is 2. The highest BCUT2D eigenvalue weighted by Gasteiger charge is 2.30. The summed E-state index contributed by atoms with van der Waals surface area (Å²) < 4.78 is 54.7. The Labute approximate surface area is 148 Å². The van der Waals surface area contributed by atoms with Crippen molar-refractivity contribution in [2.75, 3.05) is 0 Å². The Morgan fingerprint density at radius 3 is 2.54 bits per heavy atom. The number of benzene rings is 2. The van der Waals surface area contributed by atoms with Gasteiger partial charge >= 0.3 is 6.18 Å². The summed E-state index contributed by atoms with van der Waals surface area (Å²) >= 11 is 0. The van der Waals surface area contributed by atoms with Crippen LogP contribution in [0.5, 0.6) is 0 Å². The molecule has 1 atom stereocenters. The van der Waals surface area contributed by atoms with E-state index in [1.54, 1.807) is 48.3 Å². The largest absolute Gasteiger partial charge is 0.416 e. The van der Waals surface area contributed by atoms with E-state index < -0.39 is 23.6 Å². The molecule has 3 rings (SSSR count). The van der Waals surface area contributed by atoms with Crippen LogP contribution in [0, 0.1) is 5.82 Å². The maximum atomic E-state index is 14.3. The molecule has 0 aliphatic carbocycles. The van der Waals surface area contributed by atoms with E-state index in [0.717, 1.165) is 12.1 Å². The molecule has 1 heterocycles. The topological polar surface area (TPSA) is 29.9 Å². The molecular formula is C19H17F4N3. The molecule has 7 heteroatoms. The number of aromatic nitrogens is 2. The third-order valence-electron chi connectivity index (χ3n) is 4.10. The van der Waals surface area contributed by atoms with Crippen molar-refractivity contribution in [2.45, 2.75) is 18.8 Å². The van der Waals surface area contributed by atoms with E-state index in [4.69, 9.17) is 0 Å². The van der Waals surface area contributed by atoms with Crippen molar-refractivity contribution in [3.05, 3.63) is 89.3 Å². The van der Waals surface area contributed by atoms with Gasteiger partial charge in [-0.1, -0.05) is 36.4 Å². The van der Waals surface area contributed by atoms with E-state index in [9.17, 15) is 17.6 Å². The van der Waals surface area contributed by atoms with Crippen LogP contribution in [0.1, 0.15) is 28.6 Å². The lowest BCUT2D eigenvalue weighted by atomic mass is 10.0. The van der Waals surface area contributed by atoms with Gasteiger partial charge in [-0.3, -0.25) is 5.32 Å². The van der Waals surface area contributed by atoms with E-state index in [2.05, 4.69) is 10.3 Å². The summed E-state index contributed by atoms with van der Waals surface area (Å²) in [7, 11) is 1.78. The summed E-state index contributed by atoms with van der Waals surface area (Å²) in [5.41, 5.74) is 0.125. The predicted molar refractivity (Wildman–Crippen MR) is 89.7 cm³/mol. The lowest BCUT2D eigenvalue weighted by molar-refractivity contribution is -0.137. The minimum absolute atomic E-state index is 0.135. The molecule has 0 amide bonds. The van der Waals surface area contributed by atoms with E-state index in [1.807, 2.05) is 0 Å². The molecular weight excluding hydrogens is 346 g/mol. The van der Waals surface area contributed by atoms with Gasteiger partial charge in [0.05, 0.1) is 11.6 Å². The monoisotopic (exact) mass is 363 g/mol. The number of imidazole rings is 1. The van der Waals surface area contributed by atoms with Gasteiger partial charge in [0.1, 0.15) is 11.6 Å². The molecule has 0 bridgehead atoms. The number of halogens is 4. The highest BCUT2D eigenvalue weighted by atomic mass is 19.4. The highest BCUT2D eigenvalue weighted by molar-refractivity contribution is 5.29. The summed E-state index contributed by atoms with van der Waals surface area (Å²) in [5, 5.41) is 3.12. The van der Waals surface area contributed by atoms with Gasteiger partial charge < -0.3 is 4.57 Å². The van der Waals surface area contributed by atoms with Crippen molar-refractivity contribution in [3.63, 3.8) is 0 Å². The molecule has 0 aliphatic heterocycles. The standard InChI is InChI=1S/C19H17F4N3/c1-26-10-9-24-18(26)17(15-7-2-3-8-16(15)20)25-12-13-5-4-6-14(11-13)19(21,22)23/h2-11,17,25H,12H2,1H3/t17-/m0/s1. The molecule has 0 aliphatic rings. The minimum Gasteiger partial charge on any atom is -0.336 e. The first kappa shape index (κ1) is 18.1. The molecule has 3 nitrogen and oxygen atoms in total. The molecule has 0 spiro atoms. The third-order valence-corrected chi connectivity index (χ3v) is 4.10. The Morgan fingerprint density at radius 1 is 1.12 bits per heavy atom. The van der Waals surface area contributed by atoms with Gasteiger partial charge in [-0.15, -0.1) is 0 Å². The zero-order valence-corrected chi connectivity index (χ0v) is 14.0. The first-order chi connectivity index (χ1) is 12.4. The van der Waals surface area contributed by atoms with Crippen molar-refractivity contribution in [1.29, 1.82) is 0 Å². The zero-order chi connectivity index (χ0) is 18.7. The number of hydrogen-bond donors (Lipinski definition) is 1. The number of hydrogen-bond acceptors (Lipinski definition) is 2. The van der Waals surface area contributed by atoms with Crippen molar-refractivity contribution < 1.29 is 17.6 Å². The van der Waals surface area contributed by atoms with Crippen LogP contribution in [0.2, 0.25) is 0 Å². The Balaban J connectivity index is 1.88. The average Bonchev–Trinajstić information content (AvgIpc) is 3.02. The number of nitrogens with one attached hydrogen (secondary N) is 1. The maximum Gasteiger partial charge on any atom is 0.416 e. The Kier molecular flexibility index (Phi) is 5.08. The molecule has 2 aromatic carbocycles. The fourth-order valence-corrected chi connectivity index (χ4v) is 2.78. The predicted octanol–water partition coefficient (Wildman–Crippen LogP) is 4.46. The quantitative estimate of drug-likeness (QED) is 0.679. The van der Waals surface area contributed by atoms with Gasteiger partial charge in [0, 0.05) is 31.5 Å². The molecule has 26 heavy (non-hydrogen) atoms. The van der Waals surface area contributed by atoms with Gasteiger partial charge in [0.15, 0.2) is 0 Å². The van der Waals surface area contributed by atoms with Crippen molar-refractivity contribution in [2.24, 2.45) is 7.05 Å². The molecule has 0 saturated carbocycles. The smallest absolute Gasteiger partial charge is 0.336 e. The van der Waals surface area contributed by atoms with Crippen LogP contribution in [0.15, 0.2) is 60.9 Å². The lowest BCUT2D eigenvalue weighted by Crippen LogP contribution is -2.25. The van der Waals surface area contributed by atoms with Gasteiger partial charge in [-0.25, -0.2) is 9.37 Å². The van der Waals surface area contributed by atoms with Crippen molar-refractivity contribution >= 4 is 0 Å². The fraction of sp³-hybridized carbons (Fsp3) is 0.211. The van der Waals surface area contributed by atoms with Crippen molar-refractivity contribution in [3.8, 4) is 0 Å². The first-order valence-corrected chi connectivity index (χ1v) is 7.97. The van der Waals surface area contributed by atoms with Gasteiger partial charge in [0.2, 0.25) is 0 Å². The molecule has 0 saturated heterocycles.